The van der Waals surface area contributed by atoms with Crippen molar-refractivity contribution in [3.8, 4) is 0 Å². The van der Waals surface area contributed by atoms with E-state index in [4.69, 9.17) is 0 Å². The summed E-state index contributed by atoms with van der Waals surface area (Å²) in [6.45, 7) is 1.48. The number of carbonyl (C=O) groups excluding carboxylic acids is 1. The highest BCUT2D eigenvalue weighted by Gasteiger charge is 2.26. The van der Waals surface area contributed by atoms with E-state index in [0.717, 1.165) is 30.7 Å². The lowest BCUT2D eigenvalue weighted by Crippen LogP contribution is -2.39. The van der Waals surface area contributed by atoms with Gasteiger partial charge in [-0.05, 0) is 31.0 Å². The maximum atomic E-state index is 12.7. The van der Waals surface area contributed by atoms with E-state index < -0.39 is 0 Å². The van der Waals surface area contributed by atoms with E-state index in [2.05, 4.69) is 25.4 Å². The minimum absolute atomic E-state index is 0.0427. The van der Waals surface area contributed by atoms with Crippen molar-refractivity contribution in [1.29, 1.82) is 0 Å². The number of amides is 1. The molecule has 3 heterocycles. The number of likely N-dealkylation sites (tertiary alicyclic amines) is 1. The summed E-state index contributed by atoms with van der Waals surface area (Å²) in [4.78, 5) is 22.1. The van der Waals surface area contributed by atoms with E-state index in [1.54, 1.807) is 12.3 Å². The van der Waals surface area contributed by atoms with Gasteiger partial charge >= 0.3 is 0 Å². The Morgan fingerprint density at radius 2 is 2.18 bits per heavy atom. The maximum Gasteiger partial charge on any atom is 0.253 e. The Labute approximate surface area is 126 Å². The largest absolute Gasteiger partial charge is 0.348 e. The zero-order chi connectivity index (χ0) is 14.9. The van der Waals surface area contributed by atoms with Crippen LogP contribution in [-0.2, 0) is 0 Å². The molecule has 2 N–H and O–H groups in total. The van der Waals surface area contributed by atoms with Crippen LogP contribution in [0.2, 0.25) is 0 Å². The van der Waals surface area contributed by atoms with Crippen molar-refractivity contribution >= 4 is 16.9 Å². The van der Waals surface area contributed by atoms with Crippen molar-refractivity contribution < 1.29 is 4.79 Å². The molecule has 22 heavy (non-hydrogen) atoms. The first-order chi connectivity index (χ1) is 10.8. The van der Waals surface area contributed by atoms with E-state index in [0.29, 0.717) is 17.6 Å². The van der Waals surface area contributed by atoms with Gasteiger partial charge in [-0.2, -0.15) is 15.4 Å². The van der Waals surface area contributed by atoms with Gasteiger partial charge in [0.05, 0.1) is 0 Å². The van der Waals surface area contributed by atoms with E-state index >= 15 is 0 Å². The Balaban J connectivity index is 1.56. The van der Waals surface area contributed by atoms with Crippen LogP contribution in [0.5, 0.6) is 0 Å². The van der Waals surface area contributed by atoms with Gasteiger partial charge < -0.3 is 9.88 Å². The molecule has 0 saturated carbocycles. The van der Waals surface area contributed by atoms with Crippen LogP contribution >= 0.6 is 0 Å². The summed E-state index contributed by atoms with van der Waals surface area (Å²) in [5.41, 5.74) is 2.13. The number of piperidine rings is 1. The third-order valence-corrected chi connectivity index (χ3v) is 4.18. The number of carbonyl (C=O) groups is 1. The molecular weight excluding hydrogens is 280 g/mol. The molecule has 0 spiro atoms. The summed E-state index contributed by atoms with van der Waals surface area (Å²) in [5, 5.41) is 10.6. The van der Waals surface area contributed by atoms with Crippen molar-refractivity contribution in [2.75, 3.05) is 13.1 Å². The van der Waals surface area contributed by atoms with Gasteiger partial charge in [-0.25, -0.2) is 4.98 Å². The molecule has 0 radical (unpaired) electrons. The van der Waals surface area contributed by atoms with Gasteiger partial charge in [-0.15, -0.1) is 0 Å². The first-order valence-corrected chi connectivity index (χ1v) is 7.40. The molecule has 4 rings (SSSR count). The van der Waals surface area contributed by atoms with E-state index in [1.165, 1.54) is 0 Å². The second kappa shape index (κ2) is 5.25. The summed E-state index contributed by atoms with van der Waals surface area (Å²) in [7, 11) is 0. The third kappa shape index (κ3) is 2.24. The normalized spacial score (nSPS) is 18.7. The fraction of sp³-hybridized carbons (Fsp3) is 0.333. The van der Waals surface area contributed by atoms with Crippen LogP contribution in [0, 0.1) is 0 Å². The summed E-state index contributed by atoms with van der Waals surface area (Å²) in [6, 6.07) is 5.42. The molecule has 1 saturated heterocycles. The molecule has 1 aromatic carbocycles. The Hall–Kier alpha value is -2.70. The summed E-state index contributed by atoms with van der Waals surface area (Å²) in [5.74, 6) is 1.29. The minimum atomic E-state index is 0.0427. The molecule has 1 amide bonds. The monoisotopic (exact) mass is 296 g/mol. The fourth-order valence-electron chi connectivity index (χ4n) is 3.04. The number of fused-ring (bicyclic) bond motifs is 1. The molecule has 0 bridgehead atoms. The molecule has 0 aliphatic carbocycles. The third-order valence-electron chi connectivity index (χ3n) is 4.18. The highest BCUT2D eigenvalue weighted by molar-refractivity contribution is 5.97. The van der Waals surface area contributed by atoms with E-state index in [-0.39, 0.29) is 11.8 Å². The number of H-pyrrole nitrogens is 2. The van der Waals surface area contributed by atoms with Crippen LogP contribution in [0.15, 0.2) is 30.6 Å². The first kappa shape index (κ1) is 13.0. The summed E-state index contributed by atoms with van der Waals surface area (Å²) < 4.78 is 0. The second-order valence-electron chi connectivity index (χ2n) is 5.59. The molecule has 2 aromatic heterocycles. The number of nitrogens with one attached hydrogen (secondary N) is 2. The molecule has 3 aromatic rings. The number of imidazole rings is 1. The number of hydrogen-bond donors (Lipinski definition) is 2. The van der Waals surface area contributed by atoms with Gasteiger partial charge in [-0.3, -0.25) is 4.79 Å². The average Bonchev–Trinajstić information content (AvgIpc) is 3.25. The van der Waals surface area contributed by atoms with E-state index in [9.17, 15) is 4.79 Å². The molecule has 1 fully saturated rings. The Morgan fingerprint density at radius 3 is 3.05 bits per heavy atom. The molecule has 112 valence electrons. The maximum absolute atomic E-state index is 12.7. The molecular formula is C15H16N6O. The highest BCUT2D eigenvalue weighted by Crippen LogP contribution is 2.25. The topological polar surface area (TPSA) is 90.6 Å². The van der Waals surface area contributed by atoms with Gasteiger partial charge in [0, 0.05) is 37.0 Å². The fourth-order valence-corrected chi connectivity index (χ4v) is 3.04. The minimum Gasteiger partial charge on any atom is -0.348 e. The van der Waals surface area contributed by atoms with Gasteiger partial charge in [0.25, 0.3) is 5.91 Å². The smallest absolute Gasteiger partial charge is 0.253 e. The molecule has 7 nitrogen and oxygen atoms in total. The van der Waals surface area contributed by atoms with Crippen LogP contribution in [0.3, 0.4) is 0 Å². The van der Waals surface area contributed by atoms with Crippen LogP contribution in [0.1, 0.15) is 34.9 Å². The van der Waals surface area contributed by atoms with Gasteiger partial charge in [-0.1, -0.05) is 0 Å². The number of nitrogens with zero attached hydrogens (tertiary/aromatic N) is 4. The molecule has 1 aliphatic rings. The van der Waals surface area contributed by atoms with Crippen molar-refractivity contribution in [1.82, 2.24) is 30.3 Å². The Bertz CT molecular complexity index is 793. The van der Waals surface area contributed by atoms with Crippen LogP contribution in [0.25, 0.3) is 11.0 Å². The van der Waals surface area contributed by atoms with Crippen LogP contribution in [0.4, 0.5) is 0 Å². The lowest BCUT2D eigenvalue weighted by atomic mass is 9.96. The number of rotatable bonds is 2. The van der Waals surface area contributed by atoms with Crippen molar-refractivity contribution in [3.63, 3.8) is 0 Å². The quantitative estimate of drug-likeness (QED) is 0.753. The molecule has 1 aliphatic heterocycles. The van der Waals surface area contributed by atoms with Gasteiger partial charge in [0.15, 0.2) is 0 Å². The van der Waals surface area contributed by atoms with Crippen molar-refractivity contribution in [2.45, 2.75) is 18.8 Å². The van der Waals surface area contributed by atoms with E-state index in [1.807, 2.05) is 23.2 Å². The van der Waals surface area contributed by atoms with Gasteiger partial charge in [0.1, 0.15) is 16.9 Å². The second-order valence-corrected chi connectivity index (χ2v) is 5.59. The Kier molecular flexibility index (Phi) is 3.10. The number of aromatic nitrogens is 5. The molecule has 1 atom stereocenters. The summed E-state index contributed by atoms with van der Waals surface area (Å²) in [6.07, 6.45) is 5.63. The molecule has 7 heteroatoms. The summed E-state index contributed by atoms with van der Waals surface area (Å²) >= 11 is 0. The zero-order valence-electron chi connectivity index (χ0n) is 12.0. The predicted octanol–water partition coefficient (Wildman–Crippen LogP) is 1.70. The van der Waals surface area contributed by atoms with Crippen molar-refractivity contribution in [2.24, 2.45) is 0 Å². The zero-order valence-corrected chi connectivity index (χ0v) is 12.0. The standard InChI is InChI=1S/C15H16N6O/c22-15(10-3-4-12-13(8-10)19-20-18-12)21-7-1-2-11(9-21)14-16-5-6-17-14/h3-6,8,11H,1-2,7,9H2,(H,16,17)(H,18,19,20)/t11-/m0/s1. The lowest BCUT2D eigenvalue weighted by Gasteiger charge is -2.32. The first-order valence-electron chi connectivity index (χ1n) is 7.40. The molecule has 0 unspecified atom stereocenters. The Morgan fingerprint density at radius 1 is 1.27 bits per heavy atom. The number of hydrogen-bond acceptors (Lipinski definition) is 4. The van der Waals surface area contributed by atoms with Crippen LogP contribution in [-0.4, -0.2) is 49.3 Å². The SMILES string of the molecule is O=C(c1ccc2n[nH]nc2c1)N1CCC[C@H](c2ncc[nH]2)C1. The van der Waals surface area contributed by atoms with Crippen LogP contribution < -0.4 is 0 Å². The predicted molar refractivity (Wildman–Crippen MR) is 80.4 cm³/mol. The lowest BCUT2D eigenvalue weighted by molar-refractivity contribution is 0.0705. The number of benzene rings is 1. The highest BCUT2D eigenvalue weighted by atomic mass is 16.2. The average molecular weight is 296 g/mol. The van der Waals surface area contributed by atoms with Gasteiger partial charge in [0.2, 0.25) is 0 Å². The number of aromatic amines is 2. The van der Waals surface area contributed by atoms with Crippen molar-refractivity contribution in [3.05, 3.63) is 42.0 Å².